The number of likely N-dealkylation sites (N-methyl/N-ethyl adjacent to an activating group) is 2. The first-order valence-corrected chi connectivity index (χ1v) is 9.68. The van der Waals surface area contributed by atoms with E-state index in [2.05, 4.69) is 47.6 Å². The summed E-state index contributed by atoms with van der Waals surface area (Å²) >= 11 is 6.67. The molecule has 0 saturated carbocycles. The third kappa shape index (κ3) is 2.66. The molecule has 5 heteroatoms. The fraction of sp³-hybridized carbons (Fsp3) is 0.409. The number of rotatable bonds is 3. The molecule has 2 aromatic carbocycles. The third-order valence-corrected chi connectivity index (χ3v) is 6.54. The lowest BCUT2D eigenvalue weighted by atomic mass is 9.81. The fourth-order valence-corrected chi connectivity index (χ4v) is 4.85. The molecule has 1 fully saturated rings. The van der Waals surface area contributed by atoms with E-state index < -0.39 is 5.41 Å². The quantitative estimate of drug-likeness (QED) is 0.864. The summed E-state index contributed by atoms with van der Waals surface area (Å²) in [5, 5.41) is 4.56. The van der Waals surface area contributed by atoms with Crippen molar-refractivity contribution in [3.8, 4) is 0 Å². The molecule has 0 atom stereocenters. The van der Waals surface area contributed by atoms with Gasteiger partial charge in [0.25, 0.3) is 0 Å². The second-order valence-corrected chi connectivity index (χ2v) is 8.91. The van der Waals surface area contributed by atoms with Crippen LogP contribution in [0.15, 0.2) is 36.4 Å². The zero-order valence-corrected chi connectivity index (χ0v) is 17.3. The first-order valence-electron chi connectivity index (χ1n) is 9.31. The van der Waals surface area contributed by atoms with Crippen LogP contribution < -0.4 is 10.2 Å². The number of carbonyl (C=O) groups excluding carboxylic acids is 1. The van der Waals surface area contributed by atoms with Gasteiger partial charge in [-0.1, -0.05) is 35.9 Å². The van der Waals surface area contributed by atoms with Crippen LogP contribution in [0.25, 0.3) is 0 Å². The molecule has 0 aromatic heterocycles. The Labute approximate surface area is 166 Å². The summed E-state index contributed by atoms with van der Waals surface area (Å²) in [6, 6.07) is 12.5. The minimum atomic E-state index is -0.475. The third-order valence-electron chi connectivity index (χ3n) is 6.04. The SMILES string of the molecule is Cc1cccc(C2(Nc3ccc4c(c3)N(C)C(=O)C4(C)C)CN(C)C2)c1Cl. The minimum Gasteiger partial charge on any atom is -0.373 e. The Hall–Kier alpha value is -2.04. The van der Waals surface area contributed by atoms with Crippen LogP contribution in [0.2, 0.25) is 5.02 Å². The molecular weight excluding hydrogens is 358 g/mol. The van der Waals surface area contributed by atoms with Crippen LogP contribution >= 0.6 is 11.6 Å². The minimum absolute atomic E-state index is 0.134. The van der Waals surface area contributed by atoms with E-state index in [0.717, 1.165) is 46.2 Å². The normalized spacial score (nSPS) is 20.4. The second kappa shape index (κ2) is 5.98. The number of benzene rings is 2. The lowest BCUT2D eigenvalue weighted by Gasteiger charge is -2.50. The van der Waals surface area contributed by atoms with E-state index >= 15 is 0 Å². The van der Waals surface area contributed by atoms with E-state index in [9.17, 15) is 4.79 Å². The number of nitrogens with zero attached hydrogens (tertiary/aromatic N) is 2. The highest BCUT2D eigenvalue weighted by Crippen LogP contribution is 2.44. The molecule has 0 unspecified atom stereocenters. The summed E-state index contributed by atoms with van der Waals surface area (Å²) in [6.07, 6.45) is 0. The van der Waals surface area contributed by atoms with E-state index in [1.165, 1.54) is 0 Å². The average Bonchev–Trinajstić information content (AvgIpc) is 2.76. The Morgan fingerprint density at radius 1 is 1.07 bits per heavy atom. The molecule has 2 aliphatic rings. The molecule has 0 aliphatic carbocycles. The highest BCUT2D eigenvalue weighted by Gasteiger charge is 2.45. The molecule has 2 aromatic rings. The van der Waals surface area contributed by atoms with Gasteiger partial charge in [0.15, 0.2) is 0 Å². The molecule has 4 rings (SSSR count). The number of amides is 1. The van der Waals surface area contributed by atoms with E-state index in [4.69, 9.17) is 11.6 Å². The van der Waals surface area contributed by atoms with E-state index in [-0.39, 0.29) is 11.4 Å². The predicted molar refractivity (Wildman–Crippen MR) is 112 cm³/mol. The van der Waals surface area contributed by atoms with Gasteiger partial charge in [-0.2, -0.15) is 0 Å². The molecule has 2 aliphatic heterocycles. The van der Waals surface area contributed by atoms with Crippen LogP contribution in [-0.2, 0) is 15.7 Å². The van der Waals surface area contributed by atoms with Gasteiger partial charge >= 0.3 is 0 Å². The van der Waals surface area contributed by atoms with Gasteiger partial charge in [0.1, 0.15) is 0 Å². The zero-order chi connectivity index (χ0) is 19.6. The molecule has 4 nitrogen and oxygen atoms in total. The summed E-state index contributed by atoms with van der Waals surface area (Å²) in [5.41, 5.74) is 4.59. The molecule has 1 saturated heterocycles. The topological polar surface area (TPSA) is 35.6 Å². The Morgan fingerprint density at radius 2 is 1.78 bits per heavy atom. The molecule has 2 heterocycles. The van der Waals surface area contributed by atoms with Gasteiger partial charge in [-0.05, 0) is 56.6 Å². The monoisotopic (exact) mass is 383 g/mol. The van der Waals surface area contributed by atoms with Gasteiger partial charge in [-0.15, -0.1) is 0 Å². The molecule has 0 radical (unpaired) electrons. The summed E-state index contributed by atoms with van der Waals surface area (Å²) in [5.74, 6) is 0.134. The van der Waals surface area contributed by atoms with E-state index in [1.54, 1.807) is 4.90 Å². The van der Waals surface area contributed by atoms with Crippen molar-refractivity contribution in [2.24, 2.45) is 0 Å². The van der Waals surface area contributed by atoms with Crippen molar-refractivity contribution in [2.45, 2.75) is 31.7 Å². The number of fused-ring (bicyclic) bond motifs is 1. The second-order valence-electron chi connectivity index (χ2n) is 8.54. The standard InChI is InChI=1S/C22H26ClN3O/c1-14-7-6-8-17(19(14)23)22(12-25(4)13-22)24-15-9-10-16-18(11-15)26(5)20(27)21(16,2)3/h6-11,24H,12-13H2,1-5H3. The molecule has 1 N–H and O–H groups in total. The lowest BCUT2D eigenvalue weighted by molar-refractivity contribution is -0.121. The molecule has 0 bridgehead atoms. The van der Waals surface area contributed by atoms with Gasteiger partial charge in [0, 0.05) is 36.5 Å². The van der Waals surface area contributed by atoms with Crippen molar-refractivity contribution in [1.82, 2.24) is 4.90 Å². The van der Waals surface area contributed by atoms with Crippen molar-refractivity contribution < 1.29 is 4.79 Å². The summed E-state index contributed by atoms with van der Waals surface area (Å²) in [6.45, 7) is 7.78. The van der Waals surface area contributed by atoms with Crippen LogP contribution in [-0.4, -0.2) is 38.0 Å². The molecule has 27 heavy (non-hydrogen) atoms. The number of halogens is 1. The van der Waals surface area contributed by atoms with Gasteiger partial charge < -0.3 is 15.1 Å². The largest absolute Gasteiger partial charge is 0.373 e. The lowest BCUT2D eigenvalue weighted by Crippen LogP contribution is -2.62. The molecular formula is C22H26ClN3O. The summed E-state index contributed by atoms with van der Waals surface area (Å²) < 4.78 is 0. The zero-order valence-electron chi connectivity index (χ0n) is 16.6. The van der Waals surface area contributed by atoms with Crippen molar-refractivity contribution in [2.75, 3.05) is 37.4 Å². The Balaban J connectivity index is 1.73. The Bertz CT molecular complexity index is 931. The first kappa shape index (κ1) is 18.3. The average molecular weight is 384 g/mol. The van der Waals surface area contributed by atoms with E-state index in [1.807, 2.05) is 33.9 Å². The van der Waals surface area contributed by atoms with Crippen LogP contribution in [0.1, 0.15) is 30.5 Å². The number of aryl methyl sites for hydroxylation is 1. The summed E-state index contributed by atoms with van der Waals surface area (Å²) in [4.78, 5) is 16.6. The number of hydrogen-bond donors (Lipinski definition) is 1. The number of nitrogens with one attached hydrogen (secondary N) is 1. The maximum atomic E-state index is 12.6. The summed E-state index contributed by atoms with van der Waals surface area (Å²) in [7, 11) is 3.96. The highest BCUT2D eigenvalue weighted by molar-refractivity contribution is 6.32. The Kier molecular flexibility index (Phi) is 4.06. The van der Waals surface area contributed by atoms with Crippen molar-refractivity contribution in [3.05, 3.63) is 58.1 Å². The van der Waals surface area contributed by atoms with Gasteiger partial charge in [0.2, 0.25) is 5.91 Å². The van der Waals surface area contributed by atoms with Gasteiger partial charge in [-0.3, -0.25) is 4.79 Å². The molecule has 1 amide bonds. The first-order chi connectivity index (χ1) is 12.7. The van der Waals surface area contributed by atoms with Gasteiger partial charge in [0.05, 0.1) is 11.0 Å². The smallest absolute Gasteiger partial charge is 0.236 e. The van der Waals surface area contributed by atoms with Crippen molar-refractivity contribution in [1.29, 1.82) is 0 Å². The van der Waals surface area contributed by atoms with Gasteiger partial charge in [-0.25, -0.2) is 0 Å². The van der Waals surface area contributed by atoms with Crippen LogP contribution in [0.3, 0.4) is 0 Å². The van der Waals surface area contributed by atoms with Crippen LogP contribution in [0.4, 0.5) is 11.4 Å². The maximum absolute atomic E-state index is 12.6. The number of hydrogen-bond acceptors (Lipinski definition) is 3. The number of anilines is 2. The van der Waals surface area contributed by atoms with Crippen molar-refractivity contribution >= 4 is 28.9 Å². The Morgan fingerprint density at radius 3 is 2.44 bits per heavy atom. The van der Waals surface area contributed by atoms with E-state index in [0.29, 0.717) is 0 Å². The maximum Gasteiger partial charge on any atom is 0.236 e. The van der Waals surface area contributed by atoms with Crippen LogP contribution in [0.5, 0.6) is 0 Å². The molecule has 0 spiro atoms. The molecule has 142 valence electrons. The highest BCUT2D eigenvalue weighted by atomic mass is 35.5. The fourth-order valence-electron chi connectivity index (χ4n) is 4.54. The predicted octanol–water partition coefficient (Wildman–Crippen LogP) is 4.16. The van der Waals surface area contributed by atoms with Crippen LogP contribution in [0, 0.1) is 6.92 Å². The number of likely N-dealkylation sites (tertiary alicyclic amines) is 1. The number of carbonyl (C=O) groups is 1. The van der Waals surface area contributed by atoms with Crippen molar-refractivity contribution in [3.63, 3.8) is 0 Å².